The van der Waals surface area contributed by atoms with Crippen molar-refractivity contribution < 1.29 is 14.7 Å². The van der Waals surface area contributed by atoms with Gasteiger partial charge < -0.3 is 15.0 Å². The van der Waals surface area contributed by atoms with Crippen LogP contribution in [-0.4, -0.2) is 40.5 Å². The van der Waals surface area contributed by atoms with Gasteiger partial charge in [0.25, 0.3) is 0 Å². The van der Waals surface area contributed by atoms with Crippen LogP contribution in [0.5, 0.6) is 0 Å². The molecule has 0 saturated carbocycles. The Balaban J connectivity index is 2.49. The molecule has 2 N–H and O–H groups in total. The zero-order valence-corrected chi connectivity index (χ0v) is 10.1. The summed E-state index contributed by atoms with van der Waals surface area (Å²) in [5.41, 5.74) is 1.04. The molecule has 0 spiro atoms. The Morgan fingerprint density at radius 1 is 1.53 bits per heavy atom. The molecule has 0 bridgehead atoms. The number of H-pyrrole nitrogens is 1. The van der Waals surface area contributed by atoms with Crippen molar-refractivity contribution in [1.29, 1.82) is 0 Å². The first-order valence-corrected chi connectivity index (χ1v) is 5.66. The Morgan fingerprint density at radius 3 is 2.71 bits per heavy atom. The van der Waals surface area contributed by atoms with Crippen LogP contribution in [0.2, 0.25) is 0 Å². The zero-order valence-electron chi connectivity index (χ0n) is 10.1. The number of nitrogens with zero attached hydrogens (tertiary/aromatic N) is 1. The number of aliphatic carboxylic acids is 1. The van der Waals surface area contributed by atoms with Crippen molar-refractivity contribution in [3.05, 3.63) is 24.0 Å². The molecule has 1 atom stereocenters. The second-order valence-electron chi connectivity index (χ2n) is 4.00. The molecule has 1 aromatic heterocycles. The van der Waals surface area contributed by atoms with E-state index in [1.165, 1.54) is 4.90 Å². The van der Waals surface area contributed by atoms with Gasteiger partial charge in [0.1, 0.15) is 5.92 Å². The lowest BCUT2D eigenvalue weighted by Crippen LogP contribution is -2.37. The molecule has 0 fully saturated rings. The highest BCUT2D eigenvalue weighted by molar-refractivity contribution is 5.96. The van der Waals surface area contributed by atoms with Crippen LogP contribution in [0.1, 0.15) is 19.0 Å². The van der Waals surface area contributed by atoms with Crippen LogP contribution in [0.3, 0.4) is 0 Å². The van der Waals surface area contributed by atoms with Gasteiger partial charge in [-0.25, -0.2) is 0 Å². The van der Waals surface area contributed by atoms with Crippen LogP contribution >= 0.6 is 0 Å². The van der Waals surface area contributed by atoms with Crippen LogP contribution in [-0.2, 0) is 16.0 Å². The normalized spacial score (nSPS) is 12.1. The highest BCUT2D eigenvalue weighted by Crippen LogP contribution is 2.08. The predicted octanol–water partition coefficient (Wildman–Crippen LogP) is 1.13. The van der Waals surface area contributed by atoms with Crippen molar-refractivity contribution in [2.24, 2.45) is 5.92 Å². The molecule has 0 saturated heterocycles. The second-order valence-corrected chi connectivity index (χ2v) is 4.00. The van der Waals surface area contributed by atoms with E-state index in [0.29, 0.717) is 19.4 Å². The number of aromatic nitrogens is 1. The van der Waals surface area contributed by atoms with Gasteiger partial charge in [0, 0.05) is 31.9 Å². The Kier molecular flexibility index (Phi) is 4.75. The first-order valence-electron chi connectivity index (χ1n) is 5.66. The Hall–Kier alpha value is -1.78. The van der Waals surface area contributed by atoms with Gasteiger partial charge in [-0.2, -0.15) is 0 Å². The summed E-state index contributed by atoms with van der Waals surface area (Å²) in [4.78, 5) is 27.2. The SMILES string of the molecule is CCC(C(=O)O)C(=O)N(C)CCc1ccc[nH]1. The molecule has 1 amide bonds. The minimum Gasteiger partial charge on any atom is -0.481 e. The molecule has 17 heavy (non-hydrogen) atoms. The number of hydrogen-bond donors (Lipinski definition) is 2. The van der Waals surface area contributed by atoms with Crippen molar-refractivity contribution in [1.82, 2.24) is 9.88 Å². The van der Waals surface area contributed by atoms with E-state index in [2.05, 4.69) is 4.98 Å². The molecule has 1 aromatic rings. The van der Waals surface area contributed by atoms with Crippen LogP contribution in [0.15, 0.2) is 18.3 Å². The molecule has 5 heteroatoms. The molecule has 1 unspecified atom stereocenters. The fourth-order valence-electron chi connectivity index (χ4n) is 1.64. The minimum atomic E-state index is -1.05. The van der Waals surface area contributed by atoms with E-state index in [1.807, 2.05) is 18.3 Å². The van der Waals surface area contributed by atoms with Crippen molar-refractivity contribution >= 4 is 11.9 Å². The maximum Gasteiger partial charge on any atom is 0.316 e. The van der Waals surface area contributed by atoms with Gasteiger partial charge in [-0.05, 0) is 18.6 Å². The molecule has 94 valence electrons. The molecule has 0 aliphatic carbocycles. The van der Waals surface area contributed by atoms with Crippen molar-refractivity contribution in [2.45, 2.75) is 19.8 Å². The molecular formula is C12H18N2O3. The molecule has 0 aromatic carbocycles. The van der Waals surface area contributed by atoms with Crippen molar-refractivity contribution in [3.8, 4) is 0 Å². The van der Waals surface area contributed by atoms with E-state index >= 15 is 0 Å². The van der Waals surface area contributed by atoms with Gasteiger partial charge in [0.15, 0.2) is 0 Å². The number of rotatable bonds is 6. The van der Waals surface area contributed by atoms with Gasteiger partial charge >= 0.3 is 5.97 Å². The number of amides is 1. The fraction of sp³-hybridized carbons (Fsp3) is 0.500. The molecule has 0 aliphatic heterocycles. The van der Waals surface area contributed by atoms with Gasteiger partial charge in [-0.3, -0.25) is 9.59 Å². The van der Waals surface area contributed by atoms with Crippen molar-refractivity contribution in [2.75, 3.05) is 13.6 Å². The van der Waals surface area contributed by atoms with E-state index in [4.69, 9.17) is 5.11 Å². The standard InChI is InChI=1S/C12H18N2O3/c1-3-10(12(16)17)11(15)14(2)8-6-9-5-4-7-13-9/h4-5,7,10,13H,3,6,8H2,1-2H3,(H,16,17). The molecular weight excluding hydrogens is 220 g/mol. The molecule has 0 radical (unpaired) electrons. The lowest BCUT2D eigenvalue weighted by molar-refractivity contribution is -0.150. The highest BCUT2D eigenvalue weighted by atomic mass is 16.4. The van der Waals surface area contributed by atoms with E-state index < -0.39 is 11.9 Å². The smallest absolute Gasteiger partial charge is 0.316 e. The number of carbonyl (C=O) groups excluding carboxylic acids is 1. The third kappa shape index (κ3) is 3.62. The maximum absolute atomic E-state index is 11.8. The zero-order chi connectivity index (χ0) is 12.8. The van der Waals surface area contributed by atoms with Crippen LogP contribution in [0.25, 0.3) is 0 Å². The summed E-state index contributed by atoms with van der Waals surface area (Å²) in [6.07, 6.45) is 2.84. The predicted molar refractivity (Wildman–Crippen MR) is 63.6 cm³/mol. The lowest BCUT2D eigenvalue weighted by Gasteiger charge is -2.20. The van der Waals surface area contributed by atoms with Gasteiger partial charge in [-0.1, -0.05) is 6.92 Å². The topological polar surface area (TPSA) is 73.4 Å². The lowest BCUT2D eigenvalue weighted by atomic mass is 10.1. The van der Waals surface area contributed by atoms with Crippen LogP contribution in [0, 0.1) is 5.92 Å². The Labute approximate surface area is 100 Å². The third-order valence-electron chi connectivity index (χ3n) is 2.76. The number of carboxylic acid groups (broad SMARTS) is 1. The van der Waals surface area contributed by atoms with Crippen LogP contribution in [0.4, 0.5) is 0 Å². The summed E-state index contributed by atoms with van der Waals surface area (Å²) in [6, 6.07) is 3.83. The Bertz CT molecular complexity index is 373. The molecule has 0 aliphatic rings. The average Bonchev–Trinajstić information content (AvgIpc) is 2.78. The maximum atomic E-state index is 11.8. The Morgan fingerprint density at radius 2 is 2.24 bits per heavy atom. The van der Waals surface area contributed by atoms with Gasteiger partial charge in [0.05, 0.1) is 0 Å². The van der Waals surface area contributed by atoms with Gasteiger partial charge in [0.2, 0.25) is 5.91 Å². The number of aromatic amines is 1. The first kappa shape index (κ1) is 13.3. The summed E-state index contributed by atoms with van der Waals surface area (Å²) in [7, 11) is 1.64. The monoisotopic (exact) mass is 238 g/mol. The minimum absolute atomic E-state index is 0.320. The highest BCUT2D eigenvalue weighted by Gasteiger charge is 2.26. The fourth-order valence-corrected chi connectivity index (χ4v) is 1.64. The largest absolute Gasteiger partial charge is 0.481 e. The summed E-state index contributed by atoms with van der Waals surface area (Å²) < 4.78 is 0. The molecule has 1 rings (SSSR count). The van der Waals surface area contributed by atoms with Crippen molar-refractivity contribution in [3.63, 3.8) is 0 Å². The first-order chi connectivity index (χ1) is 8.06. The van der Waals surface area contributed by atoms with E-state index in [0.717, 1.165) is 5.69 Å². The third-order valence-corrected chi connectivity index (χ3v) is 2.76. The quantitative estimate of drug-likeness (QED) is 0.729. The number of carboxylic acids is 1. The van der Waals surface area contributed by atoms with Gasteiger partial charge in [-0.15, -0.1) is 0 Å². The van der Waals surface area contributed by atoms with E-state index in [1.54, 1.807) is 14.0 Å². The number of likely N-dealkylation sites (N-methyl/N-ethyl adjacent to an activating group) is 1. The summed E-state index contributed by atoms with van der Waals surface area (Å²) in [5.74, 6) is -2.31. The summed E-state index contributed by atoms with van der Waals surface area (Å²) in [5, 5.41) is 8.89. The number of nitrogens with one attached hydrogen (secondary N) is 1. The number of carbonyl (C=O) groups is 2. The number of hydrogen-bond acceptors (Lipinski definition) is 2. The molecule has 5 nitrogen and oxygen atoms in total. The van der Waals surface area contributed by atoms with E-state index in [9.17, 15) is 9.59 Å². The molecule has 1 heterocycles. The average molecular weight is 238 g/mol. The summed E-state index contributed by atoms with van der Waals surface area (Å²) in [6.45, 7) is 2.22. The van der Waals surface area contributed by atoms with E-state index in [-0.39, 0.29) is 5.91 Å². The second kappa shape index (κ2) is 6.08. The van der Waals surface area contributed by atoms with Crippen LogP contribution < -0.4 is 0 Å². The summed E-state index contributed by atoms with van der Waals surface area (Å²) >= 11 is 0.